The van der Waals surface area contributed by atoms with Crippen LogP contribution in [-0.2, 0) is 9.26 Å². The van der Waals surface area contributed by atoms with Crippen LogP contribution in [0.5, 0.6) is 0 Å². The topological polar surface area (TPSA) is 30.8 Å². The molecule has 0 N–H and O–H groups in total. The molecule has 1 heterocycles. The van der Waals surface area contributed by atoms with Gasteiger partial charge in [0.25, 0.3) is 0 Å². The molecular weight excluding hydrogens is 516 g/mol. The third-order valence-electron chi connectivity index (χ3n) is 6.49. The largest absolute Gasteiger partial charge is 0.475 e. The number of hydrogen-bond acceptors (Lipinski definition) is 3. The maximum absolute atomic E-state index is 6.58. The molecular formula is C34H29NO2P2. The highest BCUT2D eigenvalue weighted by Crippen LogP contribution is 2.36. The molecule has 0 saturated carbocycles. The second-order valence-electron chi connectivity index (χ2n) is 9.18. The van der Waals surface area contributed by atoms with Gasteiger partial charge >= 0.3 is 0 Å². The lowest BCUT2D eigenvalue weighted by atomic mass is 10.2. The van der Waals surface area contributed by atoms with Crippen molar-refractivity contribution in [1.82, 2.24) is 0 Å². The van der Waals surface area contributed by atoms with Gasteiger partial charge in [-0.1, -0.05) is 140 Å². The second-order valence-corrected chi connectivity index (χ2v) is 13.2. The van der Waals surface area contributed by atoms with Crippen LogP contribution in [0.3, 0.4) is 0 Å². The van der Waals surface area contributed by atoms with Crippen LogP contribution in [0, 0.1) is 0 Å². The lowest BCUT2D eigenvalue weighted by molar-refractivity contribution is 0.260. The Morgan fingerprint density at radius 2 is 1.05 bits per heavy atom. The van der Waals surface area contributed by atoms with E-state index in [1.54, 1.807) is 0 Å². The molecule has 0 radical (unpaired) electrons. The van der Waals surface area contributed by atoms with E-state index in [0.29, 0.717) is 19.1 Å². The minimum Gasteiger partial charge on any atom is -0.475 e. The number of rotatable bonds is 9. The first kappa shape index (κ1) is 25.7. The maximum atomic E-state index is 6.58. The molecule has 39 heavy (non-hydrogen) atoms. The van der Waals surface area contributed by atoms with E-state index in [9.17, 15) is 0 Å². The molecule has 0 unspecified atom stereocenters. The molecule has 1 aliphatic heterocycles. The van der Waals surface area contributed by atoms with Crippen molar-refractivity contribution >= 4 is 48.5 Å². The highest BCUT2D eigenvalue weighted by molar-refractivity contribution is 7.80. The normalized spacial score (nSPS) is 14.8. The molecule has 5 aromatic carbocycles. The summed E-state index contributed by atoms with van der Waals surface area (Å²) in [5.74, 6) is 0.710. The van der Waals surface area contributed by atoms with Gasteiger partial charge in [0.05, 0.1) is 14.8 Å². The van der Waals surface area contributed by atoms with E-state index in [1.165, 1.54) is 26.5 Å². The molecule has 0 amide bonds. The lowest BCUT2D eigenvalue weighted by Gasteiger charge is -2.22. The van der Waals surface area contributed by atoms with Gasteiger partial charge in [-0.05, 0) is 29.9 Å². The summed E-state index contributed by atoms with van der Waals surface area (Å²) >= 11 is 0. The van der Waals surface area contributed by atoms with Gasteiger partial charge in [0.1, 0.15) is 12.6 Å². The first-order valence-electron chi connectivity index (χ1n) is 13.1. The zero-order valence-electron chi connectivity index (χ0n) is 21.5. The van der Waals surface area contributed by atoms with Crippen LogP contribution in [-0.4, -0.2) is 25.2 Å². The minimum absolute atomic E-state index is 0.0508. The van der Waals surface area contributed by atoms with Gasteiger partial charge in [0.15, 0.2) is 0 Å². The third-order valence-corrected chi connectivity index (χ3v) is 10.9. The van der Waals surface area contributed by atoms with E-state index in [2.05, 4.69) is 133 Å². The van der Waals surface area contributed by atoms with Crippen molar-refractivity contribution in [1.29, 1.82) is 0 Å². The van der Waals surface area contributed by atoms with Crippen LogP contribution < -0.4 is 26.5 Å². The first-order chi connectivity index (χ1) is 19.4. The predicted octanol–water partition coefficient (Wildman–Crippen LogP) is 5.65. The van der Waals surface area contributed by atoms with E-state index in [0.717, 1.165) is 5.56 Å². The number of benzene rings is 5. The van der Waals surface area contributed by atoms with E-state index in [-0.39, 0.29) is 6.04 Å². The Morgan fingerprint density at radius 3 is 1.59 bits per heavy atom. The quantitative estimate of drug-likeness (QED) is 0.224. The number of aliphatic imine (C=N–C) groups is 1. The Bertz CT molecular complexity index is 1430. The molecule has 192 valence electrons. The zero-order valence-corrected chi connectivity index (χ0v) is 23.3. The first-order valence-corrected chi connectivity index (χ1v) is 15.7. The summed E-state index contributed by atoms with van der Waals surface area (Å²) in [6.07, 6.45) is 0. The molecule has 1 atom stereocenters. The van der Waals surface area contributed by atoms with Crippen molar-refractivity contribution < 1.29 is 9.26 Å². The Labute approximate surface area is 232 Å². The summed E-state index contributed by atoms with van der Waals surface area (Å²) in [4.78, 5) is 5.04. The van der Waals surface area contributed by atoms with Crippen LogP contribution in [0.25, 0.3) is 0 Å². The van der Waals surface area contributed by atoms with Gasteiger partial charge in [-0.3, -0.25) is 0 Å². The molecule has 0 spiro atoms. The SMILES string of the molecule is c1ccc(P(OC[C@H]2COC(c3ccccc3P(c3ccccc3)c3ccccc3)=N2)c2ccccc2)cc1. The fourth-order valence-electron chi connectivity index (χ4n) is 4.66. The zero-order chi connectivity index (χ0) is 26.3. The van der Waals surface area contributed by atoms with E-state index < -0.39 is 16.1 Å². The van der Waals surface area contributed by atoms with Crippen molar-refractivity contribution in [3.8, 4) is 0 Å². The van der Waals surface area contributed by atoms with E-state index in [4.69, 9.17) is 14.3 Å². The summed E-state index contributed by atoms with van der Waals surface area (Å²) in [5, 5.41) is 6.26. The van der Waals surface area contributed by atoms with Gasteiger partial charge in [0, 0.05) is 16.2 Å². The molecule has 0 fully saturated rings. The number of ether oxygens (including phenoxy) is 1. The minimum atomic E-state index is -0.934. The smallest absolute Gasteiger partial charge is 0.217 e. The van der Waals surface area contributed by atoms with Crippen LogP contribution in [0.2, 0.25) is 0 Å². The number of hydrogen-bond donors (Lipinski definition) is 0. The molecule has 6 rings (SSSR count). The van der Waals surface area contributed by atoms with Gasteiger partial charge in [0.2, 0.25) is 5.90 Å². The monoisotopic (exact) mass is 545 g/mol. The average molecular weight is 546 g/mol. The van der Waals surface area contributed by atoms with Crippen LogP contribution in [0.15, 0.2) is 151 Å². The van der Waals surface area contributed by atoms with Crippen molar-refractivity contribution in [2.24, 2.45) is 4.99 Å². The molecule has 3 nitrogen and oxygen atoms in total. The average Bonchev–Trinajstić information content (AvgIpc) is 3.49. The van der Waals surface area contributed by atoms with Crippen molar-refractivity contribution in [3.05, 3.63) is 151 Å². The summed E-state index contributed by atoms with van der Waals surface area (Å²) < 4.78 is 12.8. The van der Waals surface area contributed by atoms with Crippen molar-refractivity contribution in [2.75, 3.05) is 13.2 Å². The van der Waals surface area contributed by atoms with Crippen LogP contribution >= 0.6 is 16.1 Å². The fraction of sp³-hybridized carbons (Fsp3) is 0.0882. The summed E-state index contributed by atoms with van der Waals surface area (Å²) in [6.45, 7) is 1.03. The number of nitrogens with zero attached hydrogens (tertiary/aromatic N) is 1. The van der Waals surface area contributed by atoms with Crippen LogP contribution in [0.4, 0.5) is 0 Å². The van der Waals surface area contributed by atoms with Gasteiger partial charge in [-0.25, -0.2) is 4.99 Å². The molecule has 0 saturated heterocycles. The highest BCUT2D eigenvalue weighted by Gasteiger charge is 2.27. The molecule has 0 aromatic heterocycles. The van der Waals surface area contributed by atoms with Crippen LogP contribution in [0.1, 0.15) is 5.56 Å². The standard InChI is InChI=1S/C34H29NO2P2/c1-5-15-28(16-6-1)38(29-17-7-2-8-18-29)33-24-14-13-23-32(33)34-35-27(25-36-34)26-37-39(30-19-9-3-10-20-30)31-21-11-4-12-22-31/h1-24,27H,25-26H2/t27-/m1/s1. The molecule has 0 bridgehead atoms. The van der Waals surface area contributed by atoms with Gasteiger partial charge < -0.3 is 9.26 Å². The predicted molar refractivity (Wildman–Crippen MR) is 166 cm³/mol. The maximum Gasteiger partial charge on any atom is 0.217 e. The summed E-state index contributed by atoms with van der Waals surface area (Å²) in [6, 6.07) is 50.9. The Morgan fingerprint density at radius 1 is 0.590 bits per heavy atom. The summed E-state index contributed by atoms with van der Waals surface area (Å²) in [7, 11) is -1.70. The Hall–Kier alpha value is -3.61. The molecule has 5 heteroatoms. The molecule has 1 aliphatic rings. The second kappa shape index (κ2) is 12.5. The molecule has 0 aliphatic carbocycles. The van der Waals surface area contributed by atoms with E-state index in [1.807, 2.05) is 12.1 Å². The fourth-order valence-corrected chi connectivity index (χ4v) is 8.91. The lowest BCUT2D eigenvalue weighted by Crippen LogP contribution is -2.25. The van der Waals surface area contributed by atoms with Gasteiger partial charge in [-0.2, -0.15) is 0 Å². The van der Waals surface area contributed by atoms with Crippen molar-refractivity contribution in [3.63, 3.8) is 0 Å². The van der Waals surface area contributed by atoms with Gasteiger partial charge in [-0.15, -0.1) is 0 Å². The van der Waals surface area contributed by atoms with Crippen molar-refractivity contribution in [2.45, 2.75) is 6.04 Å². The Balaban J connectivity index is 1.28. The highest BCUT2D eigenvalue weighted by atomic mass is 31.1. The summed E-state index contributed by atoms with van der Waals surface area (Å²) in [5.41, 5.74) is 1.06. The molecule has 5 aromatic rings. The van der Waals surface area contributed by atoms with E-state index >= 15 is 0 Å². The Kier molecular flexibility index (Phi) is 8.22. The third kappa shape index (κ3) is 6.02.